The van der Waals surface area contributed by atoms with E-state index < -0.39 is 7.82 Å². The summed E-state index contributed by atoms with van der Waals surface area (Å²) in [6.45, 7) is 1.44. The van der Waals surface area contributed by atoms with E-state index in [9.17, 15) is 4.57 Å². The summed E-state index contributed by atoms with van der Waals surface area (Å²) < 4.78 is 24.8. The molecule has 0 rings (SSSR count). The molecule has 72 valence electrons. The van der Waals surface area contributed by atoms with Gasteiger partial charge in [-0.2, -0.15) is 0 Å². The van der Waals surface area contributed by atoms with Crippen LogP contribution in [-0.4, -0.2) is 14.2 Å². The predicted octanol–water partition coefficient (Wildman–Crippen LogP) is 3.07. The number of phosphoric ester groups is 1. The van der Waals surface area contributed by atoms with Crippen LogP contribution >= 0.6 is 31.0 Å². The fraction of sp³-hybridized carbons (Fsp3) is 0.600. The molecule has 0 saturated carbocycles. The van der Waals surface area contributed by atoms with Crippen LogP contribution in [0.15, 0.2) is 10.3 Å². The van der Waals surface area contributed by atoms with Crippen LogP contribution in [0.1, 0.15) is 6.92 Å². The first-order valence-corrected chi connectivity index (χ1v) is 5.10. The normalized spacial score (nSPS) is 11.1. The van der Waals surface area contributed by atoms with E-state index in [1.807, 2.05) is 0 Å². The predicted molar refractivity (Wildman–Crippen MR) is 47.1 cm³/mol. The molecule has 0 aromatic rings. The van der Waals surface area contributed by atoms with Gasteiger partial charge in [0.1, 0.15) is 10.3 Å². The third kappa shape index (κ3) is 3.78. The first-order valence-electron chi connectivity index (χ1n) is 2.88. The first-order chi connectivity index (χ1) is 5.45. The standard InChI is InChI=1S/C5H9Cl2O4P/c1-4(5(6)7)11-12(8,9-2)10-3/h1-3H3. The Balaban J connectivity index is 4.43. The Labute approximate surface area is 81.0 Å². The second kappa shape index (κ2) is 5.10. The van der Waals surface area contributed by atoms with Gasteiger partial charge in [0.05, 0.1) is 0 Å². The molecule has 0 aliphatic carbocycles. The van der Waals surface area contributed by atoms with Crippen LogP contribution in [0.25, 0.3) is 0 Å². The SMILES string of the molecule is COP(=O)(OC)OC(C)=C(Cl)Cl. The molecule has 0 aromatic carbocycles. The van der Waals surface area contributed by atoms with Gasteiger partial charge in [0.25, 0.3) is 0 Å². The third-order valence-corrected chi connectivity index (χ3v) is 2.89. The second-order valence-electron chi connectivity index (χ2n) is 1.72. The molecule has 0 radical (unpaired) electrons. The van der Waals surface area contributed by atoms with Crippen molar-refractivity contribution in [1.82, 2.24) is 0 Å². The summed E-state index contributed by atoms with van der Waals surface area (Å²) in [6, 6.07) is 0. The van der Waals surface area contributed by atoms with E-state index >= 15 is 0 Å². The average molecular weight is 235 g/mol. The van der Waals surface area contributed by atoms with Crippen molar-refractivity contribution in [3.8, 4) is 0 Å². The van der Waals surface area contributed by atoms with Crippen LogP contribution in [0.3, 0.4) is 0 Å². The maximum Gasteiger partial charge on any atom is 0.529 e. The highest BCUT2D eigenvalue weighted by atomic mass is 35.5. The van der Waals surface area contributed by atoms with Crippen LogP contribution in [0, 0.1) is 0 Å². The molecular formula is C5H9Cl2O4P. The van der Waals surface area contributed by atoms with Crippen molar-refractivity contribution in [3.05, 3.63) is 10.3 Å². The molecule has 0 amide bonds. The lowest BCUT2D eigenvalue weighted by molar-refractivity contribution is 0.183. The van der Waals surface area contributed by atoms with E-state index in [1.165, 1.54) is 21.1 Å². The molecule has 0 fully saturated rings. The topological polar surface area (TPSA) is 44.8 Å². The molecule has 0 aliphatic heterocycles. The van der Waals surface area contributed by atoms with Crippen LogP contribution in [-0.2, 0) is 18.1 Å². The lowest BCUT2D eigenvalue weighted by atomic mass is 10.7. The molecule has 0 N–H and O–H groups in total. The summed E-state index contributed by atoms with van der Waals surface area (Å²) in [5, 5.41) is 0. The Morgan fingerprint density at radius 3 is 1.92 bits per heavy atom. The maximum absolute atomic E-state index is 11.2. The lowest BCUT2D eigenvalue weighted by Gasteiger charge is -2.13. The van der Waals surface area contributed by atoms with Crippen molar-refractivity contribution in [3.63, 3.8) is 0 Å². The van der Waals surface area contributed by atoms with Gasteiger partial charge in [-0.3, -0.25) is 9.05 Å². The van der Waals surface area contributed by atoms with Crippen molar-refractivity contribution in [2.45, 2.75) is 6.92 Å². The summed E-state index contributed by atoms with van der Waals surface area (Å²) in [5.41, 5.74) is 0. The Morgan fingerprint density at radius 1 is 1.25 bits per heavy atom. The molecule has 7 heteroatoms. The molecule has 0 atom stereocenters. The highest BCUT2D eigenvalue weighted by Crippen LogP contribution is 2.50. The van der Waals surface area contributed by atoms with Gasteiger partial charge in [-0.1, -0.05) is 23.2 Å². The Kier molecular flexibility index (Phi) is 5.21. The molecule has 0 aliphatic rings. The van der Waals surface area contributed by atoms with Crippen molar-refractivity contribution in [2.24, 2.45) is 0 Å². The minimum Gasteiger partial charge on any atom is -0.406 e. The summed E-state index contributed by atoms with van der Waals surface area (Å²) in [5.74, 6) is 0.0883. The fourth-order valence-corrected chi connectivity index (χ4v) is 1.26. The minimum absolute atomic E-state index is 0.0883. The van der Waals surface area contributed by atoms with E-state index in [-0.39, 0.29) is 10.3 Å². The van der Waals surface area contributed by atoms with Crippen LogP contribution < -0.4 is 0 Å². The third-order valence-electron chi connectivity index (χ3n) is 0.962. The van der Waals surface area contributed by atoms with E-state index in [2.05, 4.69) is 9.05 Å². The first kappa shape index (κ1) is 12.3. The van der Waals surface area contributed by atoms with Crippen LogP contribution in [0.4, 0.5) is 0 Å². The smallest absolute Gasteiger partial charge is 0.406 e. The summed E-state index contributed by atoms with van der Waals surface area (Å²) in [7, 11) is -1.13. The average Bonchev–Trinajstić information content (AvgIpc) is 2.04. The van der Waals surface area contributed by atoms with Crippen molar-refractivity contribution < 1.29 is 18.1 Å². The fourth-order valence-electron chi connectivity index (χ4n) is 0.351. The van der Waals surface area contributed by atoms with Gasteiger partial charge in [-0.15, -0.1) is 0 Å². The minimum atomic E-state index is -3.52. The summed E-state index contributed by atoms with van der Waals surface area (Å²) in [4.78, 5) is 0. The van der Waals surface area contributed by atoms with Gasteiger partial charge in [-0.25, -0.2) is 4.57 Å². The van der Waals surface area contributed by atoms with E-state index in [0.717, 1.165) is 0 Å². The van der Waals surface area contributed by atoms with E-state index in [1.54, 1.807) is 0 Å². The molecular weight excluding hydrogens is 226 g/mol. The largest absolute Gasteiger partial charge is 0.529 e. The van der Waals surface area contributed by atoms with Gasteiger partial charge in [0.2, 0.25) is 0 Å². The molecule has 12 heavy (non-hydrogen) atoms. The monoisotopic (exact) mass is 234 g/mol. The molecule has 4 nitrogen and oxygen atoms in total. The number of hydrogen-bond acceptors (Lipinski definition) is 4. The molecule has 0 unspecified atom stereocenters. The molecule has 0 heterocycles. The Morgan fingerprint density at radius 2 is 1.67 bits per heavy atom. The highest BCUT2D eigenvalue weighted by molar-refractivity contribution is 7.48. The number of rotatable bonds is 4. The lowest BCUT2D eigenvalue weighted by Crippen LogP contribution is -1.93. The highest BCUT2D eigenvalue weighted by Gasteiger charge is 2.25. The van der Waals surface area contributed by atoms with Crippen molar-refractivity contribution in [2.75, 3.05) is 14.2 Å². The van der Waals surface area contributed by atoms with Gasteiger partial charge in [0.15, 0.2) is 0 Å². The molecule has 0 bridgehead atoms. The van der Waals surface area contributed by atoms with E-state index in [4.69, 9.17) is 27.7 Å². The zero-order chi connectivity index (χ0) is 9.78. The van der Waals surface area contributed by atoms with Gasteiger partial charge < -0.3 is 4.52 Å². The summed E-state index contributed by atoms with van der Waals surface area (Å²) >= 11 is 10.7. The molecule has 0 spiro atoms. The van der Waals surface area contributed by atoms with Gasteiger partial charge >= 0.3 is 7.82 Å². The number of allylic oxidation sites excluding steroid dienone is 1. The van der Waals surface area contributed by atoms with Crippen molar-refractivity contribution >= 4 is 31.0 Å². The van der Waals surface area contributed by atoms with E-state index in [0.29, 0.717) is 0 Å². The van der Waals surface area contributed by atoms with Gasteiger partial charge in [0, 0.05) is 14.2 Å². The van der Waals surface area contributed by atoms with Crippen LogP contribution in [0.5, 0.6) is 0 Å². The number of phosphoric acid groups is 1. The zero-order valence-corrected chi connectivity index (χ0v) is 9.24. The van der Waals surface area contributed by atoms with Gasteiger partial charge in [-0.05, 0) is 6.92 Å². The Bertz CT molecular complexity index is 215. The van der Waals surface area contributed by atoms with Crippen LogP contribution in [0.2, 0.25) is 0 Å². The molecule has 0 aromatic heterocycles. The maximum atomic E-state index is 11.2. The Hall–Kier alpha value is 0.270. The second-order valence-corrected chi connectivity index (χ2v) is 4.48. The molecule has 0 saturated heterocycles. The van der Waals surface area contributed by atoms with Crippen molar-refractivity contribution in [1.29, 1.82) is 0 Å². The zero-order valence-electron chi connectivity index (χ0n) is 6.84. The summed E-state index contributed by atoms with van der Waals surface area (Å²) in [6.07, 6.45) is 0. The quantitative estimate of drug-likeness (QED) is 0.554. The number of hydrogen-bond donors (Lipinski definition) is 0. The number of halogens is 2.